The van der Waals surface area contributed by atoms with Crippen molar-refractivity contribution in [2.75, 3.05) is 32.7 Å². The Bertz CT molecular complexity index is 1240. The van der Waals surface area contributed by atoms with Gasteiger partial charge in [0.05, 0.1) is 10.6 Å². The Morgan fingerprint density at radius 3 is 2.59 bits per heavy atom. The quantitative estimate of drug-likeness (QED) is 0.590. The van der Waals surface area contributed by atoms with Crippen LogP contribution in [0, 0.1) is 23.1 Å². The van der Waals surface area contributed by atoms with E-state index in [0.29, 0.717) is 43.6 Å². The molecule has 2 atom stereocenters. The van der Waals surface area contributed by atoms with Crippen molar-refractivity contribution in [3.8, 4) is 6.07 Å². The highest BCUT2D eigenvalue weighted by atomic mass is 35.5. The van der Waals surface area contributed by atoms with E-state index < -0.39 is 29.3 Å². The maximum absolute atomic E-state index is 14.4. The van der Waals surface area contributed by atoms with Crippen molar-refractivity contribution in [2.45, 2.75) is 31.2 Å². The van der Waals surface area contributed by atoms with Crippen molar-refractivity contribution in [1.82, 2.24) is 20.1 Å². The summed E-state index contributed by atoms with van der Waals surface area (Å²) in [5, 5.41) is 22.1. The number of rotatable bonds is 6. The summed E-state index contributed by atoms with van der Waals surface area (Å²) in [6, 6.07) is 9.25. The molecule has 2 aromatic rings. The lowest BCUT2D eigenvalue weighted by Gasteiger charge is -2.44. The molecule has 2 amide bonds. The van der Waals surface area contributed by atoms with E-state index in [1.807, 2.05) is 6.07 Å². The number of nitrogens with zero attached hydrogens (tertiary/aromatic N) is 4. The molecular weight excluding hydrogens is 501 g/mol. The summed E-state index contributed by atoms with van der Waals surface area (Å²) < 4.78 is 14.4. The zero-order valence-corrected chi connectivity index (χ0v) is 21.0. The Morgan fingerprint density at radius 1 is 1.30 bits per heavy atom. The number of hydrogen-bond donors (Lipinski definition) is 2. The van der Waals surface area contributed by atoms with Crippen LogP contribution in [0.4, 0.5) is 9.18 Å². The fourth-order valence-electron chi connectivity index (χ4n) is 5.55. The van der Waals surface area contributed by atoms with Crippen LogP contribution in [0.3, 0.4) is 0 Å². The number of piperidine rings is 1. The normalized spacial score (nSPS) is 21.9. The highest BCUT2D eigenvalue weighted by Crippen LogP contribution is 2.42. The first-order valence-corrected chi connectivity index (χ1v) is 12.5. The molecule has 1 aromatic carbocycles. The molecule has 2 N–H and O–H groups in total. The van der Waals surface area contributed by atoms with Gasteiger partial charge < -0.3 is 15.3 Å². The Kier molecular flexibility index (Phi) is 7.76. The van der Waals surface area contributed by atoms with Gasteiger partial charge in [-0.25, -0.2) is 14.2 Å². The molecule has 2 aliphatic heterocycles. The molecule has 4 rings (SSSR count). The number of likely N-dealkylation sites (tertiary alicyclic amines) is 1. The number of amides is 2. The van der Waals surface area contributed by atoms with Crippen LogP contribution >= 0.6 is 11.6 Å². The fraction of sp³-hybridized carbons (Fsp3) is 0.423. The molecule has 0 bridgehead atoms. The van der Waals surface area contributed by atoms with Gasteiger partial charge in [0, 0.05) is 50.8 Å². The van der Waals surface area contributed by atoms with Gasteiger partial charge in [-0.2, -0.15) is 5.26 Å². The summed E-state index contributed by atoms with van der Waals surface area (Å²) in [7, 11) is 0. The monoisotopic (exact) mass is 527 g/mol. The van der Waals surface area contributed by atoms with E-state index in [1.54, 1.807) is 24.0 Å². The van der Waals surface area contributed by atoms with Gasteiger partial charge in [-0.05, 0) is 49.6 Å². The summed E-state index contributed by atoms with van der Waals surface area (Å²) >= 11 is 5.87. The van der Waals surface area contributed by atoms with Crippen LogP contribution in [0.5, 0.6) is 0 Å². The molecular formula is C26H27ClFN5O4. The zero-order valence-electron chi connectivity index (χ0n) is 20.3. The minimum atomic E-state index is -1.42. The summed E-state index contributed by atoms with van der Waals surface area (Å²) in [4.78, 5) is 46.1. The van der Waals surface area contributed by atoms with Gasteiger partial charge in [-0.15, -0.1) is 0 Å². The van der Waals surface area contributed by atoms with Crippen molar-refractivity contribution < 1.29 is 23.9 Å². The molecule has 2 saturated heterocycles. The average Bonchev–Trinajstić information content (AvgIpc) is 3.35. The smallest absolute Gasteiger partial charge is 0.408 e. The maximum Gasteiger partial charge on any atom is 0.408 e. The van der Waals surface area contributed by atoms with Crippen LogP contribution in [0.1, 0.15) is 47.3 Å². The van der Waals surface area contributed by atoms with Gasteiger partial charge in [0.2, 0.25) is 0 Å². The van der Waals surface area contributed by atoms with Crippen molar-refractivity contribution in [2.24, 2.45) is 5.92 Å². The number of nitriles is 1. The van der Waals surface area contributed by atoms with E-state index in [2.05, 4.69) is 10.3 Å². The van der Waals surface area contributed by atoms with Crippen molar-refractivity contribution >= 4 is 29.4 Å². The lowest BCUT2D eigenvalue weighted by Crippen LogP contribution is -2.63. The number of aromatic nitrogens is 1. The summed E-state index contributed by atoms with van der Waals surface area (Å²) in [6.07, 6.45) is 0.878. The van der Waals surface area contributed by atoms with E-state index >= 15 is 0 Å². The topological polar surface area (TPSA) is 127 Å². The molecule has 0 saturated carbocycles. The van der Waals surface area contributed by atoms with Gasteiger partial charge >= 0.3 is 6.09 Å². The predicted molar refractivity (Wildman–Crippen MR) is 133 cm³/mol. The average molecular weight is 528 g/mol. The summed E-state index contributed by atoms with van der Waals surface area (Å²) in [5.74, 6) is -2.18. The molecule has 0 radical (unpaired) electrons. The highest BCUT2D eigenvalue weighted by Gasteiger charge is 2.56. The Hall–Kier alpha value is -3.55. The lowest BCUT2D eigenvalue weighted by atomic mass is 9.71. The van der Waals surface area contributed by atoms with Crippen LogP contribution in [0.2, 0.25) is 5.02 Å². The standard InChI is InChI=1S/C26H27ClFN5O4/c1-2-33(25(36)37)26(15-30-14-20(26)17-4-6-21(27)22(28)11-17)23(34)16-7-9-32(10-8-16)24(35)18-3-5-19(12-29)31-13-18/h3-6,11,13,16,20,30H,2,7-10,14-15H2,1H3,(H,36,37)/t20-,26+/m0/s1. The molecule has 3 heterocycles. The predicted octanol–water partition coefficient (Wildman–Crippen LogP) is 3.29. The van der Waals surface area contributed by atoms with Gasteiger partial charge in [0.1, 0.15) is 23.1 Å². The lowest BCUT2D eigenvalue weighted by molar-refractivity contribution is -0.135. The van der Waals surface area contributed by atoms with Crippen LogP contribution in [-0.2, 0) is 4.79 Å². The van der Waals surface area contributed by atoms with Crippen molar-refractivity contribution in [3.05, 3.63) is 64.2 Å². The van der Waals surface area contributed by atoms with Gasteiger partial charge in [-0.3, -0.25) is 14.5 Å². The zero-order chi connectivity index (χ0) is 26.7. The largest absolute Gasteiger partial charge is 0.465 e. The molecule has 2 aliphatic rings. The van der Waals surface area contributed by atoms with Crippen LogP contribution in [-0.4, -0.2) is 75.9 Å². The van der Waals surface area contributed by atoms with E-state index in [0.717, 1.165) is 4.90 Å². The number of pyridine rings is 1. The molecule has 0 unspecified atom stereocenters. The van der Waals surface area contributed by atoms with Gasteiger partial charge in [-0.1, -0.05) is 17.7 Å². The highest BCUT2D eigenvalue weighted by molar-refractivity contribution is 6.30. The third-order valence-corrected chi connectivity index (χ3v) is 7.71. The first-order valence-electron chi connectivity index (χ1n) is 12.1. The number of hydrogen-bond acceptors (Lipinski definition) is 6. The number of ketones is 1. The second-order valence-corrected chi connectivity index (χ2v) is 9.69. The van der Waals surface area contributed by atoms with Crippen molar-refractivity contribution in [1.29, 1.82) is 5.26 Å². The molecule has 11 heteroatoms. The molecule has 1 aromatic heterocycles. The Balaban J connectivity index is 1.58. The van der Waals surface area contributed by atoms with Gasteiger partial charge in [0.25, 0.3) is 5.91 Å². The van der Waals surface area contributed by atoms with E-state index in [1.165, 1.54) is 24.4 Å². The van der Waals surface area contributed by atoms with Crippen LogP contribution < -0.4 is 5.32 Å². The molecule has 2 fully saturated rings. The Labute approximate surface area is 218 Å². The number of Topliss-reactive ketones (excluding diaryl/α,β-unsaturated/α-hetero) is 1. The minimum absolute atomic E-state index is 0.0493. The number of carboxylic acid groups (broad SMARTS) is 1. The van der Waals surface area contributed by atoms with E-state index in [9.17, 15) is 23.9 Å². The third-order valence-electron chi connectivity index (χ3n) is 7.40. The first kappa shape index (κ1) is 26.5. The number of benzene rings is 1. The molecule has 0 spiro atoms. The maximum atomic E-state index is 14.4. The second kappa shape index (κ2) is 10.8. The number of carbonyl (C=O) groups is 3. The number of halogens is 2. The molecule has 194 valence electrons. The van der Waals surface area contributed by atoms with Crippen molar-refractivity contribution in [3.63, 3.8) is 0 Å². The van der Waals surface area contributed by atoms with Crippen LogP contribution in [0.25, 0.3) is 0 Å². The fourth-order valence-corrected chi connectivity index (χ4v) is 5.67. The molecule has 0 aliphatic carbocycles. The second-order valence-electron chi connectivity index (χ2n) is 9.28. The number of nitrogens with one attached hydrogen (secondary N) is 1. The summed E-state index contributed by atoms with van der Waals surface area (Å²) in [6.45, 7) is 2.80. The Morgan fingerprint density at radius 2 is 2.03 bits per heavy atom. The molecule has 37 heavy (non-hydrogen) atoms. The number of likely N-dealkylation sites (N-methyl/N-ethyl adjacent to an activating group) is 1. The van der Waals surface area contributed by atoms with Gasteiger partial charge in [0.15, 0.2) is 5.78 Å². The molecule has 9 nitrogen and oxygen atoms in total. The van der Waals surface area contributed by atoms with E-state index in [4.69, 9.17) is 16.9 Å². The van der Waals surface area contributed by atoms with Crippen LogP contribution in [0.15, 0.2) is 36.5 Å². The minimum Gasteiger partial charge on any atom is -0.465 e. The third kappa shape index (κ3) is 4.89. The first-order chi connectivity index (χ1) is 17.7. The number of carbonyl (C=O) groups excluding carboxylic acids is 2. The van der Waals surface area contributed by atoms with E-state index in [-0.39, 0.29) is 35.5 Å². The summed E-state index contributed by atoms with van der Waals surface area (Å²) in [5.41, 5.74) is -0.353. The SMILES string of the molecule is CCN(C(=O)O)[C@]1(C(=O)C2CCN(C(=O)c3ccc(C#N)nc3)CC2)CNC[C@H]1c1ccc(Cl)c(F)c1.